The van der Waals surface area contributed by atoms with Crippen LogP contribution in [0.3, 0.4) is 0 Å². The Kier molecular flexibility index (Phi) is 41.2. The minimum absolute atomic E-state index is 1.06. The summed E-state index contributed by atoms with van der Waals surface area (Å²) < 4.78 is 0. The Morgan fingerprint density at radius 1 is 0.170 bits per heavy atom. The molecule has 0 nitrogen and oxygen atoms in total. The normalized spacial score (nSPS) is 12.3. The van der Waals surface area contributed by atoms with Crippen molar-refractivity contribution in [3.63, 3.8) is 0 Å². The van der Waals surface area contributed by atoms with Gasteiger partial charge in [0.15, 0.2) is 0 Å². The van der Waals surface area contributed by atoms with Crippen LogP contribution in [-0.4, -0.2) is 24.6 Å². The van der Waals surface area contributed by atoms with Crippen LogP contribution in [0.5, 0.6) is 0 Å². The molecule has 0 spiro atoms. The number of unbranched alkanes of at least 4 members (excludes halogenated alkanes) is 34. The van der Waals surface area contributed by atoms with Crippen LogP contribution < -0.4 is 0 Å². The average Bonchev–Trinajstić information content (AvgIpc) is 3.09. The standard InChI is InChI=1S/C46H97P/c1-5-9-13-15-17-19-21-23-25-27-29-31-33-35-37-39-41-45-47(43-11-7-3,44-12-8-4)46-42-40-38-36-34-32-30-28-26-24-22-20-18-16-14-10-6-2/h47H,5-46H2,1-4H3. The van der Waals surface area contributed by atoms with Crippen LogP contribution in [0.25, 0.3) is 0 Å². The third-order valence-corrected chi connectivity index (χ3v) is 17.4. The fraction of sp³-hybridized carbons (Fsp3) is 1.00. The predicted molar refractivity (Wildman–Crippen MR) is 226 cm³/mol. The molecule has 0 unspecified atom stereocenters. The van der Waals surface area contributed by atoms with E-state index in [-0.39, 0.29) is 0 Å². The van der Waals surface area contributed by atoms with Gasteiger partial charge in [-0.25, -0.2) is 0 Å². The van der Waals surface area contributed by atoms with Crippen molar-refractivity contribution in [1.29, 1.82) is 0 Å². The Labute approximate surface area is 302 Å². The minimum Gasteiger partial charge on any atom is -0.0654 e. The molecule has 0 rings (SSSR count). The molecule has 0 saturated heterocycles. The number of hydrogen-bond donors (Lipinski definition) is 0. The summed E-state index contributed by atoms with van der Waals surface area (Å²) >= 11 is 0. The van der Waals surface area contributed by atoms with Gasteiger partial charge in [-0.15, -0.1) is 0 Å². The molecule has 0 bridgehead atoms. The Morgan fingerprint density at radius 2 is 0.319 bits per heavy atom. The van der Waals surface area contributed by atoms with Gasteiger partial charge >= 0.3 is 213 Å². The first-order valence-electron chi connectivity index (χ1n) is 23.2. The van der Waals surface area contributed by atoms with E-state index in [4.69, 9.17) is 0 Å². The van der Waals surface area contributed by atoms with E-state index >= 15 is 0 Å². The van der Waals surface area contributed by atoms with Crippen molar-refractivity contribution in [3.05, 3.63) is 0 Å². The van der Waals surface area contributed by atoms with E-state index in [9.17, 15) is 0 Å². The van der Waals surface area contributed by atoms with Gasteiger partial charge in [-0.05, 0) is 0 Å². The van der Waals surface area contributed by atoms with Gasteiger partial charge in [-0.3, -0.25) is 0 Å². The molecule has 0 aliphatic heterocycles. The first-order chi connectivity index (χ1) is 23.2. The van der Waals surface area contributed by atoms with Crippen molar-refractivity contribution in [2.75, 3.05) is 24.6 Å². The van der Waals surface area contributed by atoms with Crippen molar-refractivity contribution >= 4 is 7.26 Å². The Balaban J connectivity index is 3.89. The zero-order chi connectivity index (χ0) is 34.2. The fourth-order valence-corrected chi connectivity index (χ4v) is 14.0. The Bertz CT molecular complexity index is 493. The van der Waals surface area contributed by atoms with Crippen LogP contribution in [0.2, 0.25) is 0 Å². The smallest absolute Gasteiger partial charge is 0.0654 e. The summed E-state index contributed by atoms with van der Waals surface area (Å²) in [6.45, 7) is 9.50. The van der Waals surface area contributed by atoms with E-state index in [1.165, 1.54) is 231 Å². The first-order valence-corrected chi connectivity index (χ1v) is 26.1. The molecule has 286 valence electrons. The van der Waals surface area contributed by atoms with Crippen molar-refractivity contribution in [2.24, 2.45) is 0 Å². The molecular formula is C46H97P. The summed E-state index contributed by atoms with van der Waals surface area (Å²) in [6.07, 6.45) is 63.2. The van der Waals surface area contributed by atoms with Gasteiger partial charge < -0.3 is 0 Å². The van der Waals surface area contributed by atoms with Crippen LogP contribution in [0, 0.1) is 0 Å². The van der Waals surface area contributed by atoms with Gasteiger partial charge in [0.05, 0.1) is 0 Å². The minimum atomic E-state index is -1.06. The third-order valence-electron chi connectivity index (χ3n) is 11.7. The molecule has 0 N–H and O–H groups in total. The van der Waals surface area contributed by atoms with Crippen LogP contribution in [0.4, 0.5) is 0 Å². The van der Waals surface area contributed by atoms with E-state index in [1.807, 2.05) is 0 Å². The van der Waals surface area contributed by atoms with Gasteiger partial charge in [-0.1, -0.05) is 90.9 Å². The monoisotopic (exact) mass is 681 g/mol. The van der Waals surface area contributed by atoms with Crippen LogP contribution in [0.15, 0.2) is 0 Å². The topological polar surface area (TPSA) is 0 Å². The van der Waals surface area contributed by atoms with E-state index in [0.29, 0.717) is 0 Å². The second-order valence-corrected chi connectivity index (χ2v) is 21.5. The fourth-order valence-electron chi connectivity index (χ4n) is 8.30. The van der Waals surface area contributed by atoms with Gasteiger partial charge in [0.25, 0.3) is 0 Å². The summed E-state index contributed by atoms with van der Waals surface area (Å²) in [5, 5.41) is 0. The molecule has 47 heavy (non-hydrogen) atoms. The van der Waals surface area contributed by atoms with Gasteiger partial charge in [0.1, 0.15) is 0 Å². The summed E-state index contributed by atoms with van der Waals surface area (Å²) in [5.41, 5.74) is 0. The first kappa shape index (κ1) is 47.4. The number of hydrogen-bond acceptors (Lipinski definition) is 0. The van der Waals surface area contributed by atoms with Crippen molar-refractivity contribution in [2.45, 2.75) is 272 Å². The summed E-state index contributed by atoms with van der Waals surface area (Å²) in [6, 6.07) is 0. The number of rotatable bonds is 42. The molecule has 0 saturated carbocycles. The molecular weight excluding hydrogens is 583 g/mol. The van der Waals surface area contributed by atoms with Gasteiger partial charge in [-0.2, -0.15) is 0 Å². The second-order valence-electron chi connectivity index (χ2n) is 16.5. The second kappa shape index (κ2) is 40.9. The van der Waals surface area contributed by atoms with Gasteiger partial charge in [0, 0.05) is 0 Å². The van der Waals surface area contributed by atoms with E-state index < -0.39 is 7.26 Å². The molecule has 0 fully saturated rings. The van der Waals surface area contributed by atoms with Crippen LogP contribution in [0.1, 0.15) is 272 Å². The Morgan fingerprint density at radius 3 is 0.511 bits per heavy atom. The van der Waals surface area contributed by atoms with Crippen molar-refractivity contribution < 1.29 is 0 Å². The molecule has 0 atom stereocenters. The molecule has 0 radical (unpaired) electrons. The molecule has 0 aromatic heterocycles. The van der Waals surface area contributed by atoms with Crippen molar-refractivity contribution in [3.8, 4) is 0 Å². The summed E-state index contributed by atoms with van der Waals surface area (Å²) in [7, 11) is -1.06. The average molecular weight is 681 g/mol. The summed E-state index contributed by atoms with van der Waals surface area (Å²) in [5.74, 6) is 0. The zero-order valence-electron chi connectivity index (χ0n) is 34.2. The molecule has 0 aromatic rings. The quantitative estimate of drug-likeness (QED) is 0.0445. The van der Waals surface area contributed by atoms with Crippen LogP contribution in [-0.2, 0) is 0 Å². The SMILES string of the molecule is CCCCCCCCCCCCCCCCCCC[PH](CCCC)(CCCC)CCCCCCCCCCCCCCCCCCC. The van der Waals surface area contributed by atoms with Crippen LogP contribution >= 0.6 is 7.26 Å². The molecule has 0 aliphatic rings. The van der Waals surface area contributed by atoms with Crippen molar-refractivity contribution in [1.82, 2.24) is 0 Å². The molecule has 1 heteroatoms. The molecule has 0 aromatic carbocycles. The predicted octanol–water partition coefficient (Wildman–Crippen LogP) is 17.6. The Hall–Kier alpha value is 0.430. The van der Waals surface area contributed by atoms with E-state index in [2.05, 4.69) is 27.7 Å². The third kappa shape index (κ3) is 36.0. The van der Waals surface area contributed by atoms with Gasteiger partial charge in [0.2, 0.25) is 0 Å². The molecule has 0 amide bonds. The molecule has 0 aliphatic carbocycles. The van der Waals surface area contributed by atoms with E-state index in [0.717, 1.165) is 0 Å². The van der Waals surface area contributed by atoms with E-state index in [1.54, 1.807) is 37.5 Å². The zero-order valence-corrected chi connectivity index (χ0v) is 35.2. The maximum atomic E-state index is 2.43. The summed E-state index contributed by atoms with van der Waals surface area (Å²) in [4.78, 5) is 0. The molecule has 0 heterocycles. The maximum absolute atomic E-state index is 2.43.